The lowest BCUT2D eigenvalue weighted by Gasteiger charge is -2.16. The van der Waals surface area contributed by atoms with Gasteiger partial charge in [-0.1, -0.05) is 12.1 Å². The van der Waals surface area contributed by atoms with Crippen LogP contribution in [0.3, 0.4) is 0 Å². The Balaban J connectivity index is 1.61. The second kappa shape index (κ2) is 5.63. The average molecular weight is 291 g/mol. The van der Waals surface area contributed by atoms with E-state index in [0.717, 1.165) is 11.3 Å². The number of rotatable bonds is 3. The van der Waals surface area contributed by atoms with Gasteiger partial charge in [-0.15, -0.1) is 11.3 Å². The van der Waals surface area contributed by atoms with Gasteiger partial charge in [-0.2, -0.15) is 0 Å². The molecular weight excluding hydrogens is 277 g/mol. The van der Waals surface area contributed by atoms with E-state index in [1.807, 2.05) is 17.5 Å². The summed E-state index contributed by atoms with van der Waals surface area (Å²) < 4.78 is 18.8. The lowest BCUT2D eigenvalue weighted by atomic mass is 10.3. The van der Waals surface area contributed by atoms with Crippen molar-refractivity contribution in [1.29, 1.82) is 0 Å². The van der Waals surface area contributed by atoms with Gasteiger partial charge in [-0.25, -0.2) is 4.39 Å². The minimum Gasteiger partial charge on any atom is -0.488 e. The van der Waals surface area contributed by atoms with E-state index in [0.29, 0.717) is 18.8 Å². The predicted molar refractivity (Wildman–Crippen MR) is 75.7 cm³/mol. The normalized spacial score (nSPS) is 18.2. The summed E-state index contributed by atoms with van der Waals surface area (Å²) in [5, 5.41) is 1.89. The van der Waals surface area contributed by atoms with Crippen LogP contribution in [0, 0.1) is 5.82 Å². The Morgan fingerprint density at radius 3 is 3.00 bits per heavy atom. The molecule has 0 N–H and O–H groups in total. The Morgan fingerprint density at radius 2 is 2.25 bits per heavy atom. The maximum absolute atomic E-state index is 13.1. The molecule has 1 aliphatic rings. The molecule has 5 heteroatoms. The van der Waals surface area contributed by atoms with Crippen molar-refractivity contribution in [3.05, 3.63) is 52.5 Å². The first-order valence-electron chi connectivity index (χ1n) is 6.47. The number of benzene rings is 1. The van der Waals surface area contributed by atoms with Crippen molar-refractivity contribution >= 4 is 17.2 Å². The van der Waals surface area contributed by atoms with E-state index in [1.165, 1.54) is 23.5 Å². The van der Waals surface area contributed by atoms with Gasteiger partial charge in [0.2, 0.25) is 0 Å². The summed E-state index contributed by atoms with van der Waals surface area (Å²) in [7, 11) is 0. The van der Waals surface area contributed by atoms with Crippen molar-refractivity contribution in [1.82, 2.24) is 4.90 Å². The Kier molecular flexibility index (Phi) is 3.69. The van der Waals surface area contributed by atoms with E-state index in [-0.39, 0.29) is 17.8 Å². The molecule has 104 valence electrons. The SMILES string of the molecule is O=C(c1cccs1)N1CCC(Oc2cccc(F)c2)C1. The average Bonchev–Trinajstić information content (AvgIpc) is 3.09. The van der Waals surface area contributed by atoms with Crippen molar-refractivity contribution < 1.29 is 13.9 Å². The third-order valence-electron chi connectivity index (χ3n) is 3.26. The summed E-state index contributed by atoms with van der Waals surface area (Å²) in [5.41, 5.74) is 0. The Morgan fingerprint density at radius 1 is 1.35 bits per heavy atom. The van der Waals surface area contributed by atoms with Crippen molar-refractivity contribution in [3.63, 3.8) is 0 Å². The number of hydrogen-bond donors (Lipinski definition) is 0. The molecular formula is C15H14FNO2S. The maximum atomic E-state index is 13.1. The molecule has 1 unspecified atom stereocenters. The van der Waals surface area contributed by atoms with Crippen LogP contribution in [0.4, 0.5) is 4.39 Å². The minimum absolute atomic E-state index is 0.0466. The van der Waals surface area contributed by atoms with Crippen LogP contribution >= 0.6 is 11.3 Å². The molecule has 1 aliphatic heterocycles. The van der Waals surface area contributed by atoms with Crippen LogP contribution < -0.4 is 4.74 Å². The minimum atomic E-state index is -0.313. The quantitative estimate of drug-likeness (QED) is 0.869. The summed E-state index contributed by atoms with van der Waals surface area (Å²) in [6.07, 6.45) is 0.703. The van der Waals surface area contributed by atoms with Gasteiger partial charge in [0.25, 0.3) is 5.91 Å². The smallest absolute Gasteiger partial charge is 0.264 e. The molecule has 0 bridgehead atoms. The van der Waals surface area contributed by atoms with Gasteiger partial charge in [0.1, 0.15) is 17.7 Å². The molecule has 0 aliphatic carbocycles. The van der Waals surface area contributed by atoms with E-state index in [2.05, 4.69) is 0 Å². The summed E-state index contributed by atoms with van der Waals surface area (Å²) >= 11 is 1.44. The molecule has 0 spiro atoms. The van der Waals surface area contributed by atoms with E-state index < -0.39 is 0 Å². The van der Waals surface area contributed by atoms with E-state index in [9.17, 15) is 9.18 Å². The molecule has 1 fully saturated rings. The van der Waals surface area contributed by atoms with E-state index in [4.69, 9.17) is 4.74 Å². The van der Waals surface area contributed by atoms with Crippen LogP contribution in [-0.4, -0.2) is 30.0 Å². The highest BCUT2D eigenvalue weighted by Gasteiger charge is 2.28. The number of halogens is 1. The van der Waals surface area contributed by atoms with Gasteiger partial charge < -0.3 is 9.64 Å². The second-order valence-electron chi connectivity index (χ2n) is 4.71. The Bertz CT molecular complexity index is 600. The summed E-state index contributed by atoms with van der Waals surface area (Å²) in [4.78, 5) is 14.7. The zero-order chi connectivity index (χ0) is 13.9. The molecule has 1 saturated heterocycles. The first-order valence-corrected chi connectivity index (χ1v) is 7.35. The van der Waals surface area contributed by atoms with E-state index >= 15 is 0 Å². The van der Waals surface area contributed by atoms with Crippen molar-refractivity contribution in [2.75, 3.05) is 13.1 Å². The molecule has 1 aromatic heterocycles. The first kappa shape index (κ1) is 13.1. The van der Waals surface area contributed by atoms with Crippen LogP contribution in [0.1, 0.15) is 16.1 Å². The fourth-order valence-electron chi connectivity index (χ4n) is 2.30. The number of ether oxygens (including phenoxy) is 1. The van der Waals surface area contributed by atoms with Crippen LogP contribution in [0.15, 0.2) is 41.8 Å². The molecule has 2 heterocycles. The molecule has 3 nitrogen and oxygen atoms in total. The van der Waals surface area contributed by atoms with Gasteiger partial charge in [-0.05, 0) is 23.6 Å². The van der Waals surface area contributed by atoms with Gasteiger partial charge in [0.15, 0.2) is 0 Å². The summed E-state index contributed by atoms with van der Waals surface area (Å²) in [6, 6.07) is 9.79. The highest BCUT2D eigenvalue weighted by atomic mass is 32.1. The van der Waals surface area contributed by atoms with Crippen LogP contribution in [0.2, 0.25) is 0 Å². The molecule has 1 atom stereocenters. The largest absolute Gasteiger partial charge is 0.488 e. The Hall–Kier alpha value is -1.88. The van der Waals surface area contributed by atoms with Crippen LogP contribution in [0.5, 0.6) is 5.75 Å². The molecule has 3 rings (SSSR count). The summed E-state index contributed by atoms with van der Waals surface area (Å²) in [6.45, 7) is 1.23. The topological polar surface area (TPSA) is 29.5 Å². The Labute approximate surface area is 120 Å². The molecule has 0 saturated carbocycles. The molecule has 2 aromatic rings. The lowest BCUT2D eigenvalue weighted by molar-refractivity contribution is 0.0777. The number of nitrogens with zero attached hydrogens (tertiary/aromatic N) is 1. The van der Waals surface area contributed by atoms with Crippen molar-refractivity contribution in [2.45, 2.75) is 12.5 Å². The summed E-state index contributed by atoms with van der Waals surface area (Å²) in [5.74, 6) is 0.248. The van der Waals surface area contributed by atoms with Crippen LogP contribution in [0.25, 0.3) is 0 Å². The highest BCUT2D eigenvalue weighted by molar-refractivity contribution is 7.12. The fraction of sp³-hybridized carbons (Fsp3) is 0.267. The predicted octanol–water partition coefficient (Wildman–Crippen LogP) is 3.18. The van der Waals surface area contributed by atoms with Crippen molar-refractivity contribution in [3.8, 4) is 5.75 Å². The fourth-order valence-corrected chi connectivity index (χ4v) is 2.99. The number of likely N-dealkylation sites (tertiary alicyclic amines) is 1. The zero-order valence-corrected chi connectivity index (χ0v) is 11.6. The molecule has 0 radical (unpaired) electrons. The maximum Gasteiger partial charge on any atom is 0.264 e. The number of thiophene rings is 1. The zero-order valence-electron chi connectivity index (χ0n) is 10.8. The molecule has 1 aromatic carbocycles. The lowest BCUT2D eigenvalue weighted by Crippen LogP contribution is -2.30. The standard InChI is InChI=1S/C15H14FNO2S/c16-11-3-1-4-12(9-11)19-13-6-7-17(10-13)15(18)14-5-2-8-20-14/h1-5,8-9,13H,6-7,10H2. The molecule has 20 heavy (non-hydrogen) atoms. The van der Waals surface area contributed by atoms with Gasteiger partial charge in [0.05, 0.1) is 11.4 Å². The molecule has 1 amide bonds. The monoisotopic (exact) mass is 291 g/mol. The number of amides is 1. The first-order chi connectivity index (χ1) is 9.72. The van der Waals surface area contributed by atoms with Gasteiger partial charge >= 0.3 is 0 Å². The van der Waals surface area contributed by atoms with Crippen LogP contribution in [-0.2, 0) is 0 Å². The number of hydrogen-bond acceptors (Lipinski definition) is 3. The van der Waals surface area contributed by atoms with Gasteiger partial charge in [0, 0.05) is 19.0 Å². The number of carbonyl (C=O) groups excluding carboxylic acids is 1. The highest BCUT2D eigenvalue weighted by Crippen LogP contribution is 2.21. The third kappa shape index (κ3) is 2.82. The second-order valence-corrected chi connectivity index (χ2v) is 5.66. The number of carbonyl (C=O) groups is 1. The van der Waals surface area contributed by atoms with Crippen molar-refractivity contribution in [2.24, 2.45) is 0 Å². The van der Waals surface area contributed by atoms with Gasteiger partial charge in [-0.3, -0.25) is 4.79 Å². The van der Waals surface area contributed by atoms with E-state index in [1.54, 1.807) is 17.0 Å². The third-order valence-corrected chi connectivity index (χ3v) is 4.12.